The highest BCUT2D eigenvalue weighted by molar-refractivity contribution is 7.80. The molecular weight excluding hydrogens is 269 g/mol. The van der Waals surface area contributed by atoms with Crippen LogP contribution in [-0.2, 0) is 4.74 Å². The number of carbonyl (C=O) groups is 1. The van der Waals surface area contributed by atoms with E-state index in [4.69, 9.17) is 22.7 Å². The Morgan fingerprint density at radius 1 is 1.53 bits per heavy atom. The highest BCUT2D eigenvalue weighted by atomic mass is 32.1. The van der Waals surface area contributed by atoms with Gasteiger partial charge in [-0.2, -0.15) is 0 Å². The summed E-state index contributed by atoms with van der Waals surface area (Å²) >= 11 is 4.75. The van der Waals surface area contributed by atoms with Crippen LogP contribution in [0.5, 0.6) is 0 Å². The lowest BCUT2D eigenvalue weighted by Gasteiger charge is -2.12. The van der Waals surface area contributed by atoms with E-state index >= 15 is 0 Å². The highest BCUT2D eigenvalue weighted by Crippen LogP contribution is 2.16. The molecule has 2 rings (SSSR count). The Hall–Kier alpha value is -1.73. The van der Waals surface area contributed by atoms with Gasteiger partial charge in [0.1, 0.15) is 10.8 Å². The number of ether oxygens (including phenoxy) is 1. The van der Waals surface area contributed by atoms with E-state index in [0.29, 0.717) is 18.8 Å². The zero-order chi connectivity index (χ0) is 13.8. The molecule has 0 radical (unpaired) electrons. The Morgan fingerprint density at radius 3 is 2.89 bits per heavy atom. The zero-order valence-electron chi connectivity index (χ0n) is 10.1. The third-order valence-corrected chi connectivity index (χ3v) is 3.00. The maximum absolute atomic E-state index is 13.7. The van der Waals surface area contributed by atoms with E-state index in [1.54, 1.807) is 6.07 Å². The average molecular weight is 283 g/mol. The lowest BCUT2D eigenvalue weighted by Crippen LogP contribution is -2.38. The normalized spacial score (nSPS) is 18.1. The fourth-order valence-electron chi connectivity index (χ4n) is 1.76. The fraction of sp³-hybridized carbons (Fsp3) is 0.333. The molecule has 1 aromatic carbocycles. The number of rotatable bonds is 3. The Labute approximate surface area is 115 Å². The van der Waals surface area contributed by atoms with Crippen molar-refractivity contribution in [1.82, 2.24) is 5.32 Å². The molecule has 0 saturated carbocycles. The van der Waals surface area contributed by atoms with Gasteiger partial charge in [0.2, 0.25) is 0 Å². The minimum Gasteiger partial charge on any atom is -0.389 e. The van der Waals surface area contributed by atoms with Gasteiger partial charge in [0, 0.05) is 12.2 Å². The number of nitrogens with two attached hydrogens (primary N) is 1. The molecule has 102 valence electrons. The number of halogens is 1. The van der Waals surface area contributed by atoms with E-state index in [0.717, 1.165) is 6.42 Å². The number of amides is 2. The highest BCUT2D eigenvalue weighted by Gasteiger charge is 2.18. The molecule has 1 saturated heterocycles. The molecule has 19 heavy (non-hydrogen) atoms. The minimum absolute atomic E-state index is 0.0287. The topological polar surface area (TPSA) is 76.4 Å². The first kappa shape index (κ1) is 13.7. The van der Waals surface area contributed by atoms with E-state index in [-0.39, 0.29) is 16.7 Å². The molecule has 1 unspecified atom stereocenters. The molecule has 4 N–H and O–H groups in total. The number of carbonyl (C=O) groups excluding carboxylic acids is 1. The quantitative estimate of drug-likeness (QED) is 0.732. The Bertz CT molecular complexity index is 504. The summed E-state index contributed by atoms with van der Waals surface area (Å²) in [7, 11) is 0. The van der Waals surface area contributed by atoms with Gasteiger partial charge in [-0.25, -0.2) is 9.18 Å². The van der Waals surface area contributed by atoms with Crippen LogP contribution >= 0.6 is 12.2 Å². The van der Waals surface area contributed by atoms with Crippen molar-refractivity contribution in [3.05, 3.63) is 29.6 Å². The van der Waals surface area contributed by atoms with Crippen molar-refractivity contribution in [2.24, 2.45) is 5.73 Å². The number of nitrogens with one attached hydrogen (secondary N) is 2. The summed E-state index contributed by atoms with van der Waals surface area (Å²) in [4.78, 5) is 11.8. The van der Waals surface area contributed by atoms with Crippen LogP contribution in [0, 0.1) is 5.82 Å². The first-order valence-electron chi connectivity index (χ1n) is 5.81. The van der Waals surface area contributed by atoms with Crippen LogP contribution in [0.2, 0.25) is 0 Å². The molecule has 7 heteroatoms. The van der Waals surface area contributed by atoms with Gasteiger partial charge in [0.05, 0.1) is 18.3 Å². The van der Waals surface area contributed by atoms with E-state index in [1.165, 1.54) is 12.1 Å². The molecule has 1 atom stereocenters. The summed E-state index contributed by atoms with van der Waals surface area (Å²) in [5, 5.41) is 5.14. The predicted molar refractivity (Wildman–Crippen MR) is 73.7 cm³/mol. The summed E-state index contributed by atoms with van der Waals surface area (Å²) in [6.45, 7) is 1.11. The minimum atomic E-state index is -0.580. The second-order valence-corrected chi connectivity index (χ2v) is 4.66. The van der Waals surface area contributed by atoms with Crippen molar-refractivity contribution in [2.45, 2.75) is 12.5 Å². The molecule has 5 nitrogen and oxygen atoms in total. The monoisotopic (exact) mass is 283 g/mol. The third-order valence-electron chi connectivity index (χ3n) is 2.77. The second-order valence-electron chi connectivity index (χ2n) is 4.22. The molecular formula is C12H14FN3O2S. The van der Waals surface area contributed by atoms with E-state index in [2.05, 4.69) is 10.6 Å². The summed E-state index contributed by atoms with van der Waals surface area (Å²) in [5.41, 5.74) is 5.89. The molecule has 2 amide bonds. The molecule has 0 spiro atoms. The fourth-order valence-corrected chi connectivity index (χ4v) is 1.89. The molecule has 1 heterocycles. The number of hydrogen-bond acceptors (Lipinski definition) is 3. The number of hydrogen-bond donors (Lipinski definition) is 3. The van der Waals surface area contributed by atoms with E-state index in [9.17, 15) is 9.18 Å². The van der Waals surface area contributed by atoms with Crippen molar-refractivity contribution in [1.29, 1.82) is 0 Å². The van der Waals surface area contributed by atoms with Gasteiger partial charge in [-0.3, -0.25) is 0 Å². The SMILES string of the molecule is NC(=S)c1ccc(NC(=O)NC2CCOC2)c(F)c1. The zero-order valence-corrected chi connectivity index (χ0v) is 10.9. The standard InChI is InChI=1S/C12H14FN3O2S/c13-9-5-7(11(14)19)1-2-10(9)16-12(17)15-8-3-4-18-6-8/h1-2,5,8H,3-4,6H2,(H2,14,19)(H2,15,16,17). The van der Waals surface area contributed by atoms with Crippen LogP contribution in [0.1, 0.15) is 12.0 Å². The number of benzene rings is 1. The van der Waals surface area contributed by atoms with Crippen LogP contribution in [0.15, 0.2) is 18.2 Å². The van der Waals surface area contributed by atoms with Gasteiger partial charge in [-0.15, -0.1) is 0 Å². The summed E-state index contributed by atoms with van der Waals surface area (Å²) in [6, 6.07) is 3.68. The molecule has 0 bridgehead atoms. The molecule has 1 aliphatic rings. The van der Waals surface area contributed by atoms with Crippen LogP contribution in [-0.4, -0.2) is 30.3 Å². The van der Waals surface area contributed by atoms with Gasteiger partial charge in [-0.05, 0) is 24.6 Å². The summed E-state index contributed by atoms with van der Waals surface area (Å²) < 4.78 is 18.8. The van der Waals surface area contributed by atoms with Gasteiger partial charge in [0.15, 0.2) is 0 Å². The lowest BCUT2D eigenvalue weighted by atomic mass is 10.2. The van der Waals surface area contributed by atoms with Crippen molar-refractivity contribution >= 4 is 28.9 Å². The van der Waals surface area contributed by atoms with Gasteiger partial charge >= 0.3 is 6.03 Å². The van der Waals surface area contributed by atoms with Gasteiger partial charge in [-0.1, -0.05) is 12.2 Å². The van der Waals surface area contributed by atoms with E-state index < -0.39 is 11.8 Å². The predicted octanol–water partition coefficient (Wildman–Crippen LogP) is 1.37. The van der Waals surface area contributed by atoms with Gasteiger partial charge < -0.3 is 21.1 Å². The second kappa shape index (κ2) is 5.94. The first-order valence-corrected chi connectivity index (χ1v) is 6.21. The van der Waals surface area contributed by atoms with Crippen molar-refractivity contribution in [3.63, 3.8) is 0 Å². The Balaban J connectivity index is 1.98. The number of urea groups is 1. The van der Waals surface area contributed by atoms with Crippen molar-refractivity contribution in [2.75, 3.05) is 18.5 Å². The Morgan fingerprint density at radius 2 is 2.32 bits per heavy atom. The van der Waals surface area contributed by atoms with E-state index in [1.807, 2.05) is 0 Å². The lowest BCUT2D eigenvalue weighted by molar-refractivity contribution is 0.189. The first-order chi connectivity index (χ1) is 9.06. The third kappa shape index (κ3) is 3.62. The van der Waals surface area contributed by atoms with Gasteiger partial charge in [0.25, 0.3) is 0 Å². The van der Waals surface area contributed by atoms with Crippen LogP contribution in [0.25, 0.3) is 0 Å². The number of anilines is 1. The molecule has 1 aromatic rings. The Kier molecular flexibility index (Phi) is 4.28. The van der Waals surface area contributed by atoms with Crippen molar-refractivity contribution in [3.8, 4) is 0 Å². The largest absolute Gasteiger partial charge is 0.389 e. The smallest absolute Gasteiger partial charge is 0.319 e. The molecule has 0 aliphatic carbocycles. The molecule has 1 aliphatic heterocycles. The summed E-state index contributed by atoms with van der Waals surface area (Å²) in [6.07, 6.45) is 0.760. The average Bonchev–Trinajstić information content (AvgIpc) is 2.84. The number of thiocarbonyl (C=S) groups is 1. The van der Waals surface area contributed by atoms with Crippen LogP contribution in [0.4, 0.5) is 14.9 Å². The maximum atomic E-state index is 13.7. The molecule has 0 aromatic heterocycles. The maximum Gasteiger partial charge on any atom is 0.319 e. The van der Waals surface area contributed by atoms with Crippen LogP contribution in [0.3, 0.4) is 0 Å². The summed E-state index contributed by atoms with van der Waals surface area (Å²) in [5.74, 6) is -0.580. The van der Waals surface area contributed by atoms with Crippen LogP contribution < -0.4 is 16.4 Å². The van der Waals surface area contributed by atoms with Crippen molar-refractivity contribution < 1.29 is 13.9 Å². The molecule has 1 fully saturated rings.